The van der Waals surface area contributed by atoms with Crippen LogP contribution in [-0.4, -0.2) is 58.7 Å². The number of fused-ring (bicyclic) bond motifs is 1. The van der Waals surface area contributed by atoms with Gasteiger partial charge in [-0.1, -0.05) is 30.9 Å². The third kappa shape index (κ3) is 7.52. The first-order chi connectivity index (χ1) is 17.5. The van der Waals surface area contributed by atoms with Gasteiger partial charge in [0.1, 0.15) is 5.75 Å². The Kier molecular flexibility index (Phi) is 10.2. The zero-order valence-corrected chi connectivity index (χ0v) is 23.2. The standard InChI is InChI=1S/C29H41ClN2O3S/c1-35-22-10-11-27-25(19-22)24(26(30)21-31-27)9-5-12-29(20-28(33)34)13-16-32(17-14-29)15-6-18-36-23-7-3-2-4-8-23/h10-11,19,21,23H,2-9,12-18,20H2,1H3,(H,33,34). The summed E-state index contributed by atoms with van der Waals surface area (Å²) in [4.78, 5) is 18.8. The molecule has 0 unspecified atom stereocenters. The number of methoxy groups -OCH3 is 1. The molecule has 1 aromatic carbocycles. The molecule has 5 nitrogen and oxygen atoms in total. The van der Waals surface area contributed by atoms with E-state index in [1.54, 1.807) is 13.3 Å². The highest BCUT2D eigenvalue weighted by Crippen LogP contribution is 2.41. The van der Waals surface area contributed by atoms with Crippen LogP contribution < -0.4 is 4.74 Å². The number of likely N-dealkylation sites (tertiary alicyclic amines) is 1. The number of benzene rings is 1. The molecule has 2 fully saturated rings. The first kappa shape index (κ1) is 27.5. The van der Waals surface area contributed by atoms with Crippen molar-refractivity contribution in [2.45, 2.75) is 82.3 Å². The van der Waals surface area contributed by atoms with E-state index >= 15 is 0 Å². The van der Waals surface area contributed by atoms with E-state index in [1.165, 1.54) is 44.3 Å². The van der Waals surface area contributed by atoms with Gasteiger partial charge in [-0.3, -0.25) is 9.78 Å². The molecule has 1 saturated heterocycles. The predicted octanol–water partition coefficient (Wildman–Crippen LogP) is 7.23. The van der Waals surface area contributed by atoms with E-state index in [1.807, 2.05) is 18.2 Å². The smallest absolute Gasteiger partial charge is 0.303 e. The molecule has 0 atom stereocenters. The molecular weight excluding hydrogens is 492 g/mol. The number of thioether (sulfide) groups is 1. The Morgan fingerprint density at radius 1 is 1.22 bits per heavy atom. The Balaban J connectivity index is 1.29. The second-order valence-corrected chi connectivity index (χ2v) is 12.5. The molecule has 1 aliphatic carbocycles. The molecule has 198 valence electrons. The number of aliphatic carboxylic acids is 1. The van der Waals surface area contributed by atoms with E-state index in [4.69, 9.17) is 16.3 Å². The van der Waals surface area contributed by atoms with Gasteiger partial charge in [0.2, 0.25) is 0 Å². The number of aromatic nitrogens is 1. The molecule has 2 heterocycles. The lowest BCUT2D eigenvalue weighted by molar-refractivity contribution is -0.140. The Bertz CT molecular complexity index is 1000. The maximum Gasteiger partial charge on any atom is 0.303 e. The first-order valence-electron chi connectivity index (χ1n) is 13.6. The monoisotopic (exact) mass is 532 g/mol. The van der Waals surface area contributed by atoms with Crippen molar-refractivity contribution in [3.63, 3.8) is 0 Å². The molecule has 2 aliphatic rings. The summed E-state index contributed by atoms with van der Waals surface area (Å²) in [6.07, 6.45) is 14.8. The van der Waals surface area contributed by atoms with Gasteiger partial charge in [-0.15, -0.1) is 0 Å². The average molecular weight is 533 g/mol. The normalized spacial score (nSPS) is 18.9. The van der Waals surface area contributed by atoms with Gasteiger partial charge >= 0.3 is 5.97 Å². The number of carboxylic acid groups (broad SMARTS) is 1. The number of halogens is 1. The summed E-state index contributed by atoms with van der Waals surface area (Å²) in [5.74, 6) is 1.37. The van der Waals surface area contributed by atoms with Crippen LogP contribution >= 0.6 is 23.4 Å². The van der Waals surface area contributed by atoms with Crippen molar-refractivity contribution in [3.05, 3.63) is 35.0 Å². The average Bonchev–Trinajstić information content (AvgIpc) is 2.89. The number of carboxylic acids is 1. The minimum atomic E-state index is -0.676. The molecule has 1 aromatic heterocycles. The zero-order valence-electron chi connectivity index (χ0n) is 21.6. The maximum atomic E-state index is 11.8. The molecular formula is C29H41ClN2O3S. The lowest BCUT2D eigenvalue weighted by atomic mass is 9.72. The summed E-state index contributed by atoms with van der Waals surface area (Å²) in [6.45, 7) is 3.17. The van der Waals surface area contributed by atoms with Crippen LogP contribution in [0.4, 0.5) is 0 Å². The summed E-state index contributed by atoms with van der Waals surface area (Å²) >= 11 is 8.74. The van der Waals surface area contributed by atoms with Crippen LogP contribution in [0.1, 0.15) is 76.2 Å². The number of piperidine rings is 1. The fraction of sp³-hybridized carbons (Fsp3) is 0.655. The van der Waals surface area contributed by atoms with Crippen molar-refractivity contribution < 1.29 is 14.6 Å². The van der Waals surface area contributed by atoms with E-state index in [0.29, 0.717) is 5.02 Å². The second-order valence-electron chi connectivity index (χ2n) is 10.7. The minimum Gasteiger partial charge on any atom is -0.497 e. The number of rotatable bonds is 12. The number of nitrogens with zero attached hydrogens (tertiary/aromatic N) is 2. The van der Waals surface area contributed by atoms with E-state index < -0.39 is 5.97 Å². The third-order valence-corrected chi connectivity index (χ3v) is 10.0. The molecule has 1 saturated carbocycles. The van der Waals surface area contributed by atoms with E-state index in [9.17, 15) is 9.90 Å². The molecule has 0 radical (unpaired) electrons. The van der Waals surface area contributed by atoms with Crippen LogP contribution in [0.2, 0.25) is 5.02 Å². The Morgan fingerprint density at radius 3 is 2.72 bits per heavy atom. The Labute approximate surface area is 225 Å². The Hall–Kier alpha value is -1.50. The minimum absolute atomic E-state index is 0.119. The molecule has 1 aliphatic heterocycles. The van der Waals surface area contributed by atoms with Gasteiger partial charge < -0.3 is 14.7 Å². The second kappa shape index (κ2) is 13.3. The first-order valence-corrected chi connectivity index (χ1v) is 15.1. The van der Waals surface area contributed by atoms with Crippen LogP contribution in [-0.2, 0) is 11.2 Å². The molecule has 4 rings (SSSR count). The molecule has 0 bridgehead atoms. The van der Waals surface area contributed by atoms with Crippen LogP contribution in [0.15, 0.2) is 24.4 Å². The van der Waals surface area contributed by atoms with Gasteiger partial charge in [-0.05, 0) is 106 Å². The number of ether oxygens (including phenoxy) is 1. The van der Waals surface area contributed by atoms with Gasteiger partial charge in [-0.25, -0.2) is 0 Å². The van der Waals surface area contributed by atoms with Gasteiger partial charge in [0.25, 0.3) is 0 Å². The van der Waals surface area contributed by atoms with Crippen LogP contribution in [0, 0.1) is 5.41 Å². The summed E-state index contributed by atoms with van der Waals surface area (Å²) in [6, 6.07) is 5.88. The quantitative estimate of drug-likeness (QED) is 0.291. The predicted molar refractivity (Wildman–Crippen MR) is 151 cm³/mol. The maximum absolute atomic E-state index is 11.8. The van der Waals surface area contributed by atoms with Crippen molar-refractivity contribution >= 4 is 40.2 Å². The zero-order chi connectivity index (χ0) is 25.4. The topological polar surface area (TPSA) is 62.7 Å². The largest absolute Gasteiger partial charge is 0.497 e. The van der Waals surface area contributed by atoms with E-state index in [0.717, 1.165) is 79.2 Å². The highest BCUT2D eigenvalue weighted by atomic mass is 35.5. The van der Waals surface area contributed by atoms with Crippen LogP contribution in [0.3, 0.4) is 0 Å². The van der Waals surface area contributed by atoms with Crippen molar-refractivity contribution in [1.82, 2.24) is 9.88 Å². The highest BCUT2D eigenvalue weighted by Gasteiger charge is 2.36. The van der Waals surface area contributed by atoms with Crippen molar-refractivity contribution in [1.29, 1.82) is 0 Å². The highest BCUT2D eigenvalue weighted by molar-refractivity contribution is 7.99. The molecule has 1 N–H and O–H groups in total. The molecule has 0 spiro atoms. The van der Waals surface area contributed by atoms with Crippen LogP contribution in [0.25, 0.3) is 10.9 Å². The van der Waals surface area contributed by atoms with E-state index in [-0.39, 0.29) is 11.8 Å². The van der Waals surface area contributed by atoms with Gasteiger partial charge in [-0.2, -0.15) is 11.8 Å². The summed E-state index contributed by atoms with van der Waals surface area (Å²) < 4.78 is 5.41. The number of carbonyl (C=O) groups is 1. The van der Waals surface area contributed by atoms with Gasteiger partial charge in [0, 0.05) is 16.8 Å². The number of aryl methyl sites for hydroxylation is 1. The number of hydrogen-bond acceptors (Lipinski definition) is 5. The van der Waals surface area contributed by atoms with Crippen LogP contribution in [0.5, 0.6) is 5.75 Å². The SMILES string of the molecule is COc1ccc2ncc(Cl)c(CCCC3(CC(=O)O)CCN(CCCSC4CCCCC4)CC3)c2c1. The van der Waals surface area contributed by atoms with E-state index in [2.05, 4.69) is 21.6 Å². The number of hydrogen-bond donors (Lipinski definition) is 1. The van der Waals surface area contributed by atoms with Gasteiger partial charge in [0.05, 0.1) is 24.1 Å². The number of pyridine rings is 1. The summed E-state index contributed by atoms with van der Waals surface area (Å²) in [5.41, 5.74) is 1.87. The van der Waals surface area contributed by atoms with Gasteiger partial charge in [0.15, 0.2) is 0 Å². The van der Waals surface area contributed by atoms with Crippen molar-refractivity contribution in [2.24, 2.45) is 5.41 Å². The molecule has 2 aromatic rings. The fourth-order valence-corrected chi connectivity index (χ4v) is 7.62. The molecule has 36 heavy (non-hydrogen) atoms. The summed E-state index contributed by atoms with van der Waals surface area (Å²) in [7, 11) is 1.66. The lowest BCUT2D eigenvalue weighted by Gasteiger charge is -2.41. The van der Waals surface area contributed by atoms with Crippen molar-refractivity contribution in [2.75, 3.05) is 32.5 Å². The molecule has 7 heteroatoms. The van der Waals surface area contributed by atoms with Crippen molar-refractivity contribution in [3.8, 4) is 5.75 Å². The Morgan fingerprint density at radius 2 is 2.00 bits per heavy atom. The third-order valence-electron chi connectivity index (χ3n) is 8.24. The lowest BCUT2D eigenvalue weighted by Crippen LogP contribution is -2.41. The molecule has 0 amide bonds. The fourth-order valence-electron chi connectivity index (χ4n) is 6.08. The summed E-state index contributed by atoms with van der Waals surface area (Å²) in [5, 5.41) is 12.3.